The minimum atomic E-state index is 0.194. The molecule has 0 amide bonds. The van der Waals surface area contributed by atoms with Crippen LogP contribution in [0.25, 0.3) is 0 Å². The average molecular weight is 168 g/mol. The summed E-state index contributed by atoms with van der Waals surface area (Å²) in [6.07, 6.45) is 3.24. The van der Waals surface area contributed by atoms with Crippen LogP contribution in [0.5, 0.6) is 0 Å². The molecule has 3 aliphatic rings. The van der Waals surface area contributed by atoms with E-state index < -0.39 is 0 Å². The molecule has 2 aliphatic heterocycles. The number of rotatable bonds is 1. The highest BCUT2D eigenvalue weighted by Gasteiger charge is 2.75. The molecule has 0 bridgehead atoms. The molecule has 3 rings (SSSR count). The number of epoxide rings is 2. The highest BCUT2D eigenvalue weighted by Crippen LogP contribution is 2.63. The largest absolute Gasteiger partial charge is 0.363 e. The van der Waals surface area contributed by atoms with Gasteiger partial charge >= 0.3 is 0 Å². The fourth-order valence-electron chi connectivity index (χ4n) is 2.76. The maximum absolute atomic E-state index is 5.82. The molecule has 0 aromatic heterocycles. The lowest BCUT2D eigenvalue weighted by molar-refractivity contribution is 0.193. The van der Waals surface area contributed by atoms with Gasteiger partial charge in [0.15, 0.2) is 0 Å². The second-order valence-electron chi connectivity index (χ2n) is 5.00. The highest BCUT2D eigenvalue weighted by molar-refractivity contribution is 5.23. The van der Waals surface area contributed by atoms with E-state index in [1.165, 1.54) is 12.8 Å². The van der Waals surface area contributed by atoms with Crippen molar-refractivity contribution in [3.8, 4) is 0 Å². The van der Waals surface area contributed by atoms with Gasteiger partial charge < -0.3 is 9.47 Å². The maximum atomic E-state index is 5.82. The third-order valence-electron chi connectivity index (χ3n) is 3.98. The lowest BCUT2D eigenvalue weighted by Gasteiger charge is -2.21. The van der Waals surface area contributed by atoms with Gasteiger partial charge in [0.1, 0.15) is 12.2 Å². The van der Waals surface area contributed by atoms with E-state index in [0.29, 0.717) is 18.1 Å². The van der Waals surface area contributed by atoms with Gasteiger partial charge in [0.25, 0.3) is 0 Å². The maximum Gasteiger partial charge on any atom is 0.117 e. The Morgan fingerprint density at radius 3 is 2.58 bits per heavy atom. The van der Waals surface area contributed by atoms with Crippen molar-refractivity contribution in [2.24, 2.45) is 5.92 Å². The Morgan fingerprint density at radius 1 is 1.17 bits per heavy atom. The molecule has 0 aromatic carbocycles. The molecular weight excluding hydrogens is 152 g/mol. The molecule has 2 nitrogen and oxygen atoms in total. The summed E-state index contributed by atoms with van der Waals surface area (Å²) in [6, 6.07) is 0. The van der Waals surface area contributed by atoms with Gasteiger partial charge in [0.05, 0.1) is 11.2 Å². The van der Waals surface area contributed by atoms with Crippen LogP contribution in [-0.4, -0.2) is 23.4 Å². The Hall–Kier alpha value is -0.0800. The van der Waals surface area contributed by atoms with E-state index in [-0.39, 0.29) is 11.2 Å². The molecule has 0 spiro atoms. The summed E-state index contributed by atoms with van der Waals surface area (Å²) in [6.45, 7) is 6.72. The summed E-state index contributed by atoms with van der Waals surface area (Å²) >= 11 is 0. The Balaban J connectivity index is 1.84. The Kier molecular flexibility index (Phi) is 1.06. The minimum absolute atomic E-state index is 0.194. The van der Waals surface area contributed by atoms with E-state index in [1.807, 2.05) is 0 Å². The monoisotopic (exact) mass is 168 g/mol. The first-order chi connectivity index (χ1) is 5.58. The van der Waals surface area contributed by atoms with Crippen LogP contribution < -0.4 is 0 Å². The second kappa shape index (κ2) is 1.73. The molecule has 4 atom stereocenters. The predicted molar refractivity (Wildman–Crippen MR) is 45.0 cm³/mol. The number of hydrogen-bond acceptors (Lipinski definition) is 2. The van der Waals surface area contributed by atoms with Crippen molar-refractivity contribution in [1.29, 1.82) is 0 Å². The fraction of sp³-hybridized carbons (Fsp3) is 1.00. The summed E-state index contributed by atoms with van der Waals surface area (Å²) in [7, 11) is 0. The van der Waals surface area contributed by atoms with E-state index in [2.05, 4.69) is 20.8 Å². The first kappa shape index (κ1) is 7.34. The standard InChI is InChI=1S/C10H16O2/c1-6(2)10-5-4-9(3)7(11-9)8(10)12-10/h6-8H,4-5H2,1-3H3/t7-,8-,9?,10?/m1/s1. The van der Waals surface area contributed by atoms with Gasteiger partial charge in [-0.05, 0) is 25.7 Å². The molecule has 68 valence electrons. The third kappa shape index (κ3) is 0.647. The van der Waals surface area contributed by atoms with E-state index in [0.717, 1.165) is 0 Å². The molecule has 2 unspecified atom stereocenters. The van der Waals surface area contributed by atoms with Crippen molar-refractivity contribution < 1.29 is 9.47 Å². The Labute approximate surface area is 73.2 Å². The van der Waals surface area contributed by atoms with Crippen LogP contribution >= 0.6 is 0 Å². The summed E-state index contributed by atoms with van der Waals surface area (Å²) < 4.78 is 11.5. The zero-order chi connectivity index (χ0) is 8.56. The van der Waals surface area contributed by atoms with Gasteiger partial charge in [-0.3, -0.25) is 0 Å². The molecule has 2 saturated heterocycles. The minimum Gasteiger partial charge on any atom is -0.363 e. The topological polar surface area (TPSA) is 25.1 Å². The van der Waals surface area contributed by atoms with Gasteiger partial charge in [-0.2, -0.15) is 0 Å². The van der Waals surface area contributed by atoms with Gasteiger partial charge in [0, 0.05) is 0 Å². The van der Waals surface area contributed by atoms with Crippen molar-refractivity contribution in [3.05, 3.63) is 0 Å². The number of fused-ring (bicyclic) bond motifs is 3. The first-order valence-electron chi connectivity index (χ1n) is 4.94. The molecule has 12 heavy (non-hydrogen) atoms. The summed E-state index contributed by atoms with van der Waals surface area (Å²) in [5.41, 5.74) is 0.403. The molecule has 1 saturated carbocycles. The van der Waals surface area contributed by atoms with E-state index >= 15 is 0 Å². The van der Waals surface area contributed by atoms with Crippen molar-refractivity contribution >= 4 is 0 Å². The van der Waals surface area contributed by atoms with Gasteiger partial charge in [-0.25, -0.2) is 0 Å². The SMILES string of the molecule is CC(C)C12CCC3(C)O[C@@H]3[C@H]1O2. The fourth-order valence-corrected chi connectivity index (χ4v) is 2.76. The smallest absolute Gasteiger partial charge is 0.117 e. The van der Waals surface area contributed by atoms with Gasteiger partial charge in [0.2, 0.25) is 0 Å². The Morgan fingerprint density at radius 2 is 1.92 bits per heavy atom. The zero-order valence-electron chi connectivity index (χ0n) is 7.96. The molecule has 0 radical (unpaired) electrons. The molecule has 0 N–H and O–H groups in total. The van der Waals surface area contributed by atoms with E-state index in [9.17, 15) is 0 Å². The molecule has 1 aliphatic carbocycles. The van der Waals surface area contributed by atoms with Crippen molar-refractivity contribution in [2.45, 2.75) is 57.0 Å². The Bertz CT molecular complexity index is 238. The summed E-state index contributed by atoms with van der Waals surface area (Å²) in [5, 5.41) is 0. The lowest BCUT2D eigenvalue weighted by Crippen LogP contribution is -2.33. The number of ether oxygens (including phenoxy) is 2. The van der Waals surface area contributed by atoms with Crippen LogP contribution in [0.3, 0.4) is 0 Å². The highest BCUT2D eigenvalue weighted by atomic mass is 16.7. The average Bonchev–Trinajstić information content (AvgIpc) is 2.76. The molecular formula is C10H16O2. The molecule has 2 heteroatoms. The van der Waals surface area contributed by atoms with E-state index in [1.54, 1.807) is 0 Å². The first-order valence-corrected chi connectivity index (χ1v) is 4.94. The van der Waals surface area contributed by atoms with Crippen LogP contribution in [0.15, 0.2) is 0 Å². The van der Waals surface area contributed by atoms with Crippen molar-refractivity contribution in [1.82, 2.24) is 0 Å². The molecule has 3 fully saturated rings. The van der Waals surface area contributed by atoms with Crippen molar-refractivity contribution in [3.63, 3.8) is 0 Å². The van der Waals surface area contributed by atoms with E-state index in [4.69, 9.17) is 9.47 Å². The van der Waals surface area contributed by atoms with Gasteiger partial charge in [-0.1, -0.05) is 13.8 Å². The van der Waals surface area contributed by atoms with Gasteiger partial charge in [-0.15, -0.1) is 0 Å². The molecule has 2 heterocycles. The van der Waals surface area contributed by atoms with Crippen LogP contribution in [0, 0.1) is 5.92 Å². The third-order valence-corrected chi connectivity index (χ3v) is 3.98. The number of hydrogen-bond donors (Lipinski definition) is 0. The zero-order valence-corrected chi connectivity index (χ0v) is 7.96. The lowest BCUT2D eigenvalue weighted by atomic mass is 9.77. The second-order valence-corrected chi connectivity index (χ2v) is 5.00. The summed E-state index contributed by atoms with van der Waals surface area (Å²) in [4.78, 5) is 0. The van der Waals surface area contributed by atoms with Crippen LogP contribution in [0.4, 0.5) is 0 Å². The van der Waals surface area contributed by atoms with Crippen LogP contribution in [-0.2, 0) is 9.47 Å². The van der Waals surface area contributed by atoms with Crippen LogP contribution in [0.1, 0.15) is 33.6 Å². The normalized spacial score (nSPS) is 61.0. The molecule has 0 aromatic rings. The van der Waals surface area contributed by atoms with Crippen molar-refractivity contribution in [2.75, 3.05) is 0 Å². The quantitative estimate of drug-likeness (QED) is 0.557. The summed E-state index contributed by atoms with van der Waals surface area (Å²) in [5.74, 6) is 0.649. The predicted octanol–water partition coefficient (Wildman–Crippen LogP) is 1.73. The van der Waals surface area contributed by atoms with Crippen LogP contribution in [0.2, 0.25) is 0 Å².